The Morgan fingerprint density at radius 1 is 1.44 bits per heavy atom. The van der Waals surface area contributed by atoms with E-state index in [4.69, 9.17) is 0 Å². The maximum atomic E-state index is 12.6. The Kier molecular flexibility index (Phi) is 5.59. The van der Waals surface area contributed by atoms with Crippen molar-refractivity contribution in [2.24, 2.45) is 0 Å². The zero-order valence-electron chi connectivity index (χ0n) is 11.0. The molecular formula is C13H19FN2OS. The molecule has 0 spiro atoms. The predicted molar refractivity (Wildman–Crippen MR) is 73.4 cm³/mol. The first-order valence-corrected chi connectivity index (χ1v) is 7.24. The molecule has 1 amide bonds. The molecule has 18 heavy (non-hydrogen) atoms. The number of halogens is 1. The van der Waals surface area contributed by atoms with Crippen LogP contribution < -0.4 is 5.32 Å². The van der Waals surface area contributed by atoms with Gasteiger partial charge < -0.3 is 5.32 Å². The highest BCUT2D eigenvalue weighted by Crippen LogP contribution is 2.29. The lowest BCUT2D eigenvalue weighted by molar-refractivity contribution is 0.0948. The molecule has 0 fully saturated rings. The monoisotopic (exact) mass is 270 g/mol. The van der Waals surface area contributed by atoms with E-state index in [-0.39, 0.29) is 10.7 Å². The zero-order chi connectivity index (χ0) is 13.6. The number of aromatic nitrogens is 1. The molecule has 1 heterocycles. The van der Waals surface area contributed by atoms with Crippen molar-refractivity contribution < 1.29 is 9.18 Å². The van der Waals surface area contributed by atoms with Crippen molar-refractivity contribution in [2.75, 3.05) is 12.8 Å². The van der Waals surface area contributed by atoms with E-state index in [0.717, 1.165) is 12.8 Å². The van der Waals surface area contributed by atoms with Crippen molar-refractivity contribution in [1.82, 2.24) is 10.3 Å². The Bertz CT molecular complexity index is 382. The number of amides is 1. The molecule has 1 aromatic heterocycles. The van der Waals surface area contributed by atoms with E-state index in [1.54, 1.807) is 11.8 Å². The highest BCUT2D eigenvalue weighted by molar-refractivity contribution is 8.00. The maximum absolute atomic E-state index is 12.6. The van der Waals surface area contributed by atoms with Crippen LogP contribution in [0.4, 0.5) is 4.39 Å². The standard InChI is InChI=1S/C13H19FN2OS/c1-4-13(5-2,18-3)9-16-12(17)10-6-7-11(14)15-8-10/h6-8H,4-5,9H2,1-3H3,(H,16,17). The number of carbonyl (C=O) groups is 1. The maximum Gasteiger partial charge on any atom is 0.252 e. The van der Waals surface area contributed by atoms with E-state index in [2.05, 4.69) is 30.4 Å². The minimum Gasteiger partial charge on any atom is -0.351 e. The Balaban J connectivity index is 2.63. The fraction of sp³-hybridized carbons (Fsp3) is 0.538. The van der Waals surface area contributed by atoms with Gasteiger partial charge in [0.1, 0.15) is 0 Å². The van der Waals surface area contributed by atoms with Crippen molar-refractivity contribution in [3.63, 3.8) is 0 Å². The van der Waals surface area contributed by atoms with E-state index in [1.807, 2.05) is 0 Å². The lowest BCUT2D eigenvalue weighted by atomic mass is 10.0. The minimum atomic E-state index is -0.577. The van der Waals surface area contributed by atoms with Crippen LogP contribution in [-0.4, -0.2) is 28.4 Å². The molecule has 100 valence electrons. The number of nitrogens with zero attached hydrogens (tertiary/aromatic N) is 1. The van der Waals surface area contributed by atoms with E-state index in [1.165, 1.54) is 18.3 Å². The molecule has 0 saturated carbocycles. The van der Waals surface area contributed by atoms with E-state index >= 15 is 0 Å². The van der Waals surface area contributed by atoms with Crippen LogP contribution in [-0.2, 0) is 0 Å². The number of hydrogen-bond donors (Lipinski definition) is 1. The van der Waals surface area contributed by atoms with Gasteiger partial charge in [-0.2, -0.15) is 16.2 Å². The van der Waals surface area contributed by atoms with E-state index in [9.17, 15) is 9.18 Å². The molecule has 0 aliphatic rings. The lowest BCUT2D eigenvalue weighted by Gasteiger charge is -2.29. The normalized spacial score (nSPS) is 11.3. The summed E-state index contributed by atoms with van der Waals surface area (Å²) in [5.41, 5.74) is 0.388. The van der Waals surface area contributed by atoms with Gasteiger partial charge in [-0.3, -0.25) is 4.79 Å². The van der Waals surface area contributed by atoms with Crippen LogP contribution in [0.25, 0.3) is 0 Å². The van der Waals surface area contributed by atoms with Crippen LogP contribution in [0.1, 0.15) is 37.0 Å². The third-order valence-corrected chi connectivity index (χ3v) is 4.87. The summed E-state index contributed by atoms with van der Waals surface area (Å²) in [5.74, 6) is -0.782. The topological polar surface area (TPSA) is 42.0 Å². The lowest BCUT2D eigenvalue weighted by Crippen LogP contribution is -2.39. The van der Waals surface area contributed by atoms with Crippen LogP contribution in [0.2, 0.25) is 0 Å². The van der Waals surface area contributed by atoms with E-state index < -0.39 is 5.95 Å². The molecule has 1 N–H and O–H groups in total. The summed E-state index contributed by atoms with van der Waals surface area (Å²) >= 11 is 1.77. The van der Waals surface area contributed by atoms with Gasteiger partial charge in [-0.25, -0.2) is 4.98 Å². The molecule has 0 atom stereocenters. The number of carbonyl (C=O) groups excluding carboxylic acids is 1. The van der Waals surface area contributed by atoms with Crippen LogP contribution in [0.5, 0.6) is 0 Å². The van der Waals surface area contributed by atoms with Gasteiger partial charge in [0.25, 0.3) is 5.91 Å². The van der Waals surface area contributed by atoms with Gasteiger partial charge in [0.05, 0.1) is 5.56 Å². The van der Waals surface area contributed by atoms with Crippen molar-refractivity contribution in [3.05, 3.63) is 29.8 Å². The number of thioether (sulfide) groups is 1. The SMILES string of the molecule is CCC(CC)(CNC(=O)c1ccc(F)nc1)SC. The Morgan fingerprint density at radius 3 is 2.56 bits per heavy atom. The first kappa shape index (κ1) is 15.0. The average molecular weight is 270 g/mol. The number of hydrogen-bond acceptors (Lipinski definition) is 3. The molecule has 1 rings (SSSR count). The van der Waals surface area contributed by atoms with Gasteiger partial charge in [-0.1, -0.05) is 13.8 Å². The smallest absolute Gasteiger partial charge is 0.252 e. The molecule has 0 saturated heterocycles. The minimum absolute atomic E-state index is 0.0725. The zero-order valence-corrected chi connectivity index (χ0v) is 11.8. The highest BCUT2D eigenvalue weighted by atomic mass is 32.2. The summed E-state index contributed by atoms with van der Waals surface area (Å²) in [4.78, 5) is 15.3. The highest BCUT2D eigenvalue weighted by Gasteiger charge is 2.25. The second-order valence-corrected chi connectivity index (χ2v) is 5.42. The first-order valence-electron chi connectivity index (χ1n) is 6.02. The fourth-order valence-corrected chi connectivity index (χ4v) is 2.51. The van der Waals surface area contributed by atoms with Crippen LogP contribution in [0, 0.1) is 5.95 Å². The summed E-state index contributed by atoms with van der Waals surface area (Å²) in [5, 5.41) is 2.89. The van der Waals surface area contributed by atoms with Gasteiger partial charge in [0.2, 0.25) is 5.95 Å². The molecule has 3 nitrogen and oxygen atoms in total. The van der Waals surface area contributed by atoms with Crippen LogP contribution in [0.15, 0.2) is 18.3 Å². The van der Waals surface area contributed by atoms with Crippen LogP contribution in [0.3, 0.4) is 0 Å². The van der Waals surface area contributed by atoms with Gasteiger partial charge in [-0.15, -0.1) is 0 Å². The first-order chi connectivity index (χ1) is 8.56. The summed E-state index contributed by atoms with van der Waals surface area (Å²) in [6.07, 6.45) is 5.29. The number of rotatable bonds is 6. The Hall–Kier alpha value is -1.10. The summed E-state index contributed by atoms with van der Waals surface area (Å²) in [7, 11) is 0. The molecule has 0 radical (unpaired) electrons. The molecular weight excluding hydrogens is 251 g/mol. The molecule has 0 aromatic carbocycles. The van der Waals surface area contributed by atoms with E-state index in [0.29, 0.717) is 12.1 Å². The number of nitrogens with one attached hydrogen (secondary N) is 1. The van der Waals surface area contributed by atoms with Gasteiger partial charge >= 0.3 is 0 Å². The largest absolute Gasteiger partial charge is 0.351 e. The van der Waals surface area contributed by atoms with Gasteiger partial charge in [0.15, 0.2) is 0 Å². The van der Waals surface area contributed by atoms with Crippen molar-refractivity contribution in [3.8, 4) is 0 Å². The molecule has 0 aliphatic carbocycles. The second-order valence-electron chi connectivity index (χ2n) is 4.15. The average Bonchev–Trinajstić information content (AvgIpc) is 2.41. The van der Waals surface area contributed by atoms with Crippen molar-refractivity contribution >= 4 is 17.7 Å². The fourth-order valence-electron chi connectivity index (χ4n) is 1.71. The second kappa shape index (κ2) is 6.73. The Morgan fingerprint density at radius 2 is 2.11 bits per heavy atom. The van der Waals surface area contributed by atoms with Crippen molar-refractivity contribution in [1.29, 1.82) is 0 Å². The third kappa shape index (κ3) is 3.70. The van der Waals surface area contributed by atoms with Crippen LogP contribution >= 0.6 is 11.8 Å². The summed E-state index contributed by atoms with van der Waals surface area (Å²) in [6.45, 7) is 4.84. The molecule has 0 aliphatic heterocycles. The number of pyridine rings is 1. The molecule has 5 heteroatoms. The summed E-state index contributed by atoms with van der Waals surface area (Å²) < 4.78 is 12.7. The Labute approximate surface area is 112 Å². The summed E-state index contributed by atoms with van der Waals surface area (Å²) in [6, 6.07) is 2.63. The third-order valence-electron chi connectivity index (χ3n) is 3.28. The predicted octanol–water partition coefficient (Wildman–Crippen LogP) is 2.87. The molecule has 0 unspecified atom stereocenters. The molecule has 1 aromatic rings. The van der Waals surface area contributed by atoms with Crippen molar-refractivity contribution in [2.45, 2.75) is 31.4 Å². The molecule has 0 bridgehead atoms. The van der Waals surface area contributed by atoms with Gasteiger partial charge in [-0.05, 0) is 31.2 Å². The quantitative estimate of drug-likeness (QED) is 0.808. The van der Waals surface area contributed by atoms with Gasteiger partial charge in [0, 0.05) is 17.5 Å².